The van der Waals surface area contributed by atoms with E-state index in [9.17, 15) is 0 Å². The number of unbranched alkanes of at least 4 members (excludes halogenated alkanes) is 1. The van der Waals surface area contributed by atoms with Gasteiger partial charge in [-0.15, -0.1) is 0 Å². The van der Waals surface area contributed by atoms with E-state index in [1.165, 1.54) is 30.4 Å². The van der Waals surface area contributed by atoms with Gasteiger partial charge >= 0.3 is 7.12 Å². The van der Waals surface area contributed by atoms with Crippen LogP contribution in [-0.4, -0.2) is 18.3 Å². The summed E-state index contributed by atoms with van der Waals surface area (Å²) in [6.45, 7) is 12.9. The molecule has 1 aliphatic heterocycles. The Bertz CT molecular complexity index is 515. The van der Waals surface area contributed by atoms with Crippen molar-refractivity contribution in [1.29, 1.82) is 0 Å². The van der Waals surface area contributed by atoms with E-state index in [2.05, 4.69) is 71.9 Å². The van der Waals surface area contributed by atoms with Crippen LogP contribution in [-0.2, 0) is 9.31 Å². The molecule has 0 amide bonds. The molecule has 1 aliphatic rings. The highest BCUT2D eigenvalue weighted by molar-refractivity contribution is 6.52. The third-order valence-corrected chi connectivity index (χ3v) is 5.21. The van der Waals surface area contributed by atoms with Crippen molar-refractivity contribution in [2.45, 2.75) is 77.9 Å². The van der Waals surface area contributed by atoms with Crippen molar-refractivity contribution >= 4 is 13.2 Å². The molecule has 0 N–H and O–H groups in total. The average Bonchev–Trinajstić information content (AvgIpc) is 2.71. The minimum absolute atomic E-state index is 0.275. The van der Waals surface area contributed by atoms with Crippen LogP contribution in [0.25, 0.3) is 6.08 Å². The minimum atomic E-state index is -0.277. The summed E-state index contributed by atoms with van der Waals surface area (Å²) in [6, 6.07) is 8.84. The van der Waals surface area contributed by atoms with Gasteiger partial charge in [0, 0.05) is 0 Å². The molecule has 0 bridgehead atoms. The van der Waals surface area contributed by atoms with E-state index in [1.807, 2.05) is 5.98 Å². The van der Waals surface area contributed by atoms with Crippen molar-refractivity contribution in [3.05, 3.63) is 41.4 Å². The zero-order chi connectivity index (χ0) is 17.1. The number of hydrogen-bond acceptors (Lipinski definition) is 2. The molecule has 0 radical (unpaired) electrons. The first kappa shape index (κ1) is 18.3. The van der Waals surface area contributed by atoms with E-state index in [-0.39, 0.29) is 18.3 Å². The first-order valence-electron chi connectivity index (χ1n) is 8.89. The molecule has 23 heavy (non-hydrogen) atoms. The fraction of sp³-hybridized carbons (Fsp3) is 0.600. The maximum Gasteiger partial charge on any atom is 0.487 e. The predicted octanol–water partition coefficient (Wildman–Crippen LogP) is 5.62. The van der Waals surface area contributed by atoms with E-state index in [0.717, 1.165) is 0 Å². The molecule has 0 aromatic heterocycles. The third kappa shape index (κ3) is 4.48. The summed E-state index contributed by atoms with van der Waals surface area (Å²) in [5.41, 5.74) is 2.05. The Morgan fingerprint density at radius 1 is 1.04 bits per heavy atom. The van der Waals surface area contributed by atoms with E-state index in [0.29, 0.717) is 5.92 Å². The highest BCUT2D eigenvalue weighted by Gasteiger charge is 2.49. The maximum absolute atomic E-state index is 5.98. The number of rotatable bonds is 6. The molecule has 2 nitrogen and oxygen atoms in total. The van der Waals surface area contributed by atoms with E-state index < -0.39 is 0 Å². The lowest BCUT2D eigenvalue weighted by molar-refractivity contribution is 0.00578. The molecule has 0 aliphatic carbocycles. The SMILES string of the molecule is CCCCC(C)c1ccc(/C=C/B2OC(C)(C)C(C)(C)O2)cc1. The van der Waals surface area contributed by atoms with Crippen molar-refractivity contribution in [3.63, 3.8) is 0 Å². The normalized spacial score (nSPS) is 21.0. The molecule has 1 saturated heterocycles. The molecular weight excluding hydrogens is 283 g/mol. The molecule has 1 aromatic carbocycles. The summed E-state index contributed by atoms with van der Waals surface area (Å²) in [4.78, 5) is 0. The Morgan fingerprint density at radius 3 is 2.13 bits per heavy atom. The van der Waals surface area contributed by atoms with E-state index in [1.54, 1.807) is 0 Å². The first-order valence-corrected chi connectivity index (χ1v) is 8.89. The Hall–Kier alpha value is -1.06. The van der Waals surface area contributed by atoms with Gasteiger partial charge in [-0.05, 0) is 51.2 Å². The van der Waals surface area contributed by atoms with Crippen molar-refractivity contribution in [2.24, 2.45) is 0 Å². The molecular formula is C20H31BO2. The summed E-state index contributed by atoms with van der Waals surface area (Å²) in [7, 11) is -0.275. The molecule has 1 unspecified atom stereocenters. The highest BCUT2D eigenvalue weighted by Crippen LogP contribution is 2.37. The molecule has 0 spiro atoms. The van der Waals surface area contributed by atoms with Crippen LogP contribution >= 0.6 is 0 Å². The zero-order valence-corrected chi connectivity index (χ0v) is 15.6. The minimum Gasteiger partial charge on any atom is -0.400 e. The van der Waals surface area contributed by atoms with Crippen LogP contribution in [0, 0.1) is 0 Å². The van der Waals surface area contributed by atoms with Gasteiger partial charge in [0.05, 0.1) is 11.2 Å². The van der Waals surface area contributed by atoms with Crippen LogP contribution in [0.4, 0.5) is 0 Å². The average molecular weight is 314 g/mol. The van der Waals surface area contributed by atoms with Gasteiger partial charge in [0.1, 0.15) is 0 Å². The van der Waals surface area contributed by atoms with Gasteiger partial charge in [0.15, 0.2) is 0 Å². The van der Waals surface area contributed by atoms with Crippen LogP contribution in [0.5, 0.6) is 0 Å². The fourth-order valence-corrected chi connectivity index (χ4v) is 2.77. The Balaban J connectivity index is 1.96. The van der Waals surface area contributed by atoms with Crippen molar-refractivity contribution in [1.82, 2.24) is 0 Å². The largest absolute Gasteiger partial charge is 0.487 e. The molecule has 1 aromatic rings. The van der Waals surface area contributed by atoms with Crippen molar-refractivity contribution in [2.75, 3.05) is 0 Å². The number of hydrogen-bond donors (Lipinski definition) is 0. The lowest BCUT2D eigenvalue weighted by atomic mass is 9.88. The Kier molecular flexibility index (Phi) is 5.75. The molecule has 0 saturated carbocycles. The van der Waals surface area contributed by atoms with Gasteiger partial charge in [-0.1, -0.05) is 63.0 Å². The number of benzene rings is 1. The van der Waals surface area contributed by atoms with Crippen molar-refractivity contribution in [3.8, 4) is 0 Å². The maximum atomic E-state index is 5.98. The summed E-state index contributed by atoms with van der Waals surface area (Å²) < 4.78 is 12.0. The van der Waals surface area contributed by atoms with Crippen LogP contribution in [0.15, 0.2) is 30.2 Å². The third-order valence-electron chi connectivity index (χ3n) is 5.21. The standard InChI is InChI=1S/C20H31BO2/c1-7-8-9-16(2)18-12-10-17(11-13-18)14-15-21-22-19(3,4)20(5,6)23-21/h10-16H,7-9H2,1-6H3/b15-14+. The summed E-state index contributed by atoms with van der Waals surface area (Å²) in [5.74, 6) is 2.64. The van der Waals surface area contributed by atoms with E-state index in [4.69, 9.17) is 9.31 Å². The molecule has 1 atom stereocenters. The molecule has 1 fully saturated rings. The molecule has 126 valence electrons. The van der Waals surface area contributed by atoms with Gasteiger partial charge in [0.25, 0.3) is 0 Å². The first-order chi connectivity index (χ1) is 10.7. The van der Waals surface area contributed by atoms with Crippen molar-refractivity contribution < 1.29 is 9.31 Å². The fourth-order valence-electron chi connectivity index (χ4n) is 2.77. The Labute approximate surface area is 142 Å². The Morgan fingerprint density at radius 2 is 1.61 bits per heavy atom. The van der Waals surface area contributed by atoms with Gasteiger partial charge in [-0.3, -0.25) is 0 Å². The van der Waals surface area contributed by atoms with Gasteiger partial charge in [0.2, 0.25) is 0 Å². The molecule has 1 heterocycles. The summed E-state index contributed by atoms with van der Waals surface area (Å²) in [5, 5.41) is 0. The monoisotopic (exact) mass is 314 g/mol. The summed E-state index contributed by atoms with van der Waals surface area (Å²) >= 11 is 0. The second-order valence-corrected chi connectivity index (χ2v) is 7.69. The summed E-state index contributed by atoms with van der Waals surface area (Å²) in [6.07, 6.45) is 5.91. The van der Waals surface area contributed by atoms with Gasteiger partial charge in [-0.25, -0.2) is 0 Å². The zero-order valence-electron chi connectivity index (χ0n) is 15.6. The van der Waals surface area contributed by atoms with E-state index >= 15 is 0 Å². The second kappa shape index (κ2) is 7.23. The topological polar surface area (TPSA) is 18.5 Å². The predicted molar refractivity (Wildman–Crippen MR) is 99.5 cm³/mol. The highest BCUT2D eigenvalue weighted by atomic mass is 16.7. The lowest BCUT2D eigenvalue weighted by Crippen LogP contribution is -2.41. The smallest absolute Gasteiger partial charge is 0.400 e. The van der Waals surface area contributed by atoms with Crippen LogP contribution in [0.1, 0.15) is 77.8 Å². The van der Waals surface area contributed by atoms with Gasteiger partial charge in [-0.2, -0.15) is 0 Å². The molecule has 2 rings (SSSR count). The van der Waals surface area contributed by atoms with Crippen LogP contribution < -0.4 is 0 Å². The lowest BCUT2D eigenvalue weighted by Gasteiger charge is -2.32. The van der Waals surface area contributed by atoms with Crippen LogP contribution in [0.3, 0.4) is 0 Å². The quantitative estimate of drug-likeness (QED) is 0.634. The molecule has 3 heteroatoms. The van der Waals surface area contributed by atoms with Gasteiger partial charge < -0.3 is 9.31 Å². The second-order valence-electron chi connectivity index (χ2n) is 7.69. The van der Waals surface area contributed by atoms with Crippen LogP contribution in [0.2, 0.25) is 0 Å².